The second kappa shape index (κ2) is 9.62. The van der Waals surface area contributed by atoms with Crippen LogP contribution in [0.5, 0.6) is 5.75 Å². The summed E-state index contributed by atoms with van der Waals surface area (Å²) in [5.41, 5.74) is 3.97. The standard InChI is InChI=1S/C29H38N2O2/c1-5-6-7-8-9-19-33-24-12-10-11-23(21-24)15-17-29-28(3,4)25-20-22(2)13-14-26(25)31(29)18-16-27(32)30-29/h10-15,17,20-21H,5-9,16,18-19H2,1-4H3,(H,30,32)/t29-/m1/s1. The molecule has 4 heteroatoms. The zero-order valence-corrected chi connectivity index (χ0v) is 20.6. The number of unbranched alkanes of at least 4 members (excludes halogenated alkanes) is 4. The van der Waals surface area contributed by atoms with Gasteiger partial charge in [-0.2, -0.15) is 0 Å². The third kappa shape index (κ3) is 4.53. The van der Waals surface area contributed by atoms with Crippen LogP contribution in [-0.2, 0) is 10.2 Å². The maximum atomic E-state index is 12.6. The minimum absolute atomic E-state index is 0.105. The molecule has 2 aliphatic rings. The van der Waals surface area contributed by atoms with Crippen LogP contribution in [0.4, 0.5) is 5.69 Å². The first-order valence-electron chi connectivity index (χ1n) is 12.5. The number of fused-ring (bicyclic) bond motifs is 3. The smallest absolute Gasteiger partial charge is 0.223 e. The Hall–Kier alpha value is -2.75. The highest BCUT2D eigenvalue weighted by Crippen LogP contribution is 2.52. The summed E-state index contributed by atoms with van der Waals surface area (Å²) in [6.45, 7) is 10.3. The van der Waals surface area contributed by atoms with Gasteiger partial charge in [0, 0.05) is 24.1 Å². The fourth-order valence-electron chi connectivity index (χ4n) is 5.29. The molecule has 1 fully saturated rings. The maximum Gasteiger partial charge on any atom is 0.223 e. The van der Waals surface area contributed by atoms with Crippen LogP contribution in [-0.4, -0.2) is 24.7 Å². The minimum Gasteiger partial charge on any atom is -0.494 e. The van der Waals surface area contributed by atoms with Crippen LogP contribution in [0.25, 0.3) is 6.08 Å². The third-order valence-corrected chi connectivity index (χ3v) is 7.28. The molecule has 4 nitrogen and oxygen atoms in total. The zero-order chi connectivity index (χ0) is 23.5. The summed E-state index contributed by atoms with van der Waals surface area (Å²) < 4.78 is 6.01. The number of anilines is 1. The lowest BCUT2D eigenvalue weighted by Crippen LogP contribution is -2.68. The highest BCUT2D eigenvalue weighted by molar-refractivity contribution is 5.84. The van der Waals surface area contributed by atoms with Gasteiger partial charge in [0.25, 0.3) is 0 Å². The number of nitrogens with zero attached hydrogens (tertiary/aromatic N) is 1. The van der Waals surface area contributed by atoms with E-state index < -0.39 is 5.66 Å². The van der Waals surface area contributed by atoms with Crippen molar-refractivity contribution < 1.29 is 9.53 Å². The predicted octanol–water partition coefficient (Wildman–Crippen LogP) is 6.37. The fourth-order valence-corrected chi connectivity index (χ4v) is 5.29. The first-order valence-corrected chi connectivity index (χ1v) is 12.5. The van der Waals surface area contributed by atoms with E-state index in [-0.39, 0.29) is 11.3 Å². The number of carbonyl (C=O) groups is 1. The molecule has 33 heavy (non-hydrogen) atoms. The van der Waals surface area contributed by atoms with Crippen LogP contribution in [0.3, 0.4) is 0 Å². The SMILES string of the molecule is CCCCCCCOc1cccc(C=C[C@@]23NC(=O)CCN2c2ccc(C)cc2C3(C)C)c1. The number of aryl methyl sites for hydroxylation is 1. The normalized spacial score (nSPS) is 21.1. The molecule has 2 heterocycles. The van der Waals surface area contributed by atoms with Crippen molar-refractivity contribution in [2.24, 2.45) is 0 Å². The number of benzene rings is 2. The lowest BCUT2D eigenvalue weighted by molar-refractivity contribution is -0.124. The summed E-state index contributed by atoms with van der Waals surface area (Å²) in [5.74, 6) is 1.01. The zero-order valence-electron chi connectivity index (χ0n) is 20.6. The molecular weight excluding hydrogens is 408 g/mol. The average Bonchev–Trinajstić information content (AvgIpc) is 2.98. The lowest BCUT2D eigenvalue weighted by atomic mass is 9.74. The van der Waals surface area contributed by atoms with Gasteiger partial charge in [-0.25, -0.2) is 0 Å². The molecule has 0 aliphatic carbocycles. The molecule has 1 atom stereocenters. The number of amides is 1. The summed E-state index contributed by atoms with van der Waals surface area (Å²) in [6, 6.07) is 14.9. The van der Waals surface area contributed by atoms with E-state index >= 15 is 0 Å². The van der Waals surface area contributed by atoms with Gasteiger partial charge in [0.15, 0.2) is 0 Å². The first kappa shape index (κ1) is 23.4. The van der Waals surface area contributed by atoms with Crippen LogP contribution in [0.1, 0.15) is 76.0 Å². The van der Waals surface area contributed by atoms with Crippen molar-refractivity contribution in [3.05, 3.63) is 65.2 Å². The van der Waals surface area contributed by atoms with Crippen molar-refractivity contribution in [1.29, 1.82) is 0 Å². The number of carbonyl (C=O) groups excluding carboxylic acids is 1. The Morgan fingerprint density at radius 3 is 2.73 bits per heavy atom. The molecule has 4 rings (SSSR count). The highest BCUT2D eigenvalue weighted by atomic mass is 16.5. The number of hydrogen-bond donors (Lipinski definition) is 1. The van der Waals surface area contributed by atoms with E-state index in [0.29, 0.717) is 6.42 Å². The van der Waals surface area contributed by atoms with Gasteiger partial charge in [-0.1, -0.05) is 82.4 Å². The van der Waals surface area contributed by atoms with Crippen molar-refractivity contribution in [3.63, 3.8) is 0 Å². The summed E-state index contributed by atoms with van der Waals surface area (Å²) in [7, 11) is 0. The Kier molecular flexibility index (Phi) is 6.83. The Morgan fingerprint density at radius 2 is 1.91 bits per heavy atom. The molecule has 0 radical (unpaired) electrons. The first-order chi connectivity index (χ1) is 15.9. The van der Waals surface area contributed by atoms with E-state index in [4.69, 9.17) is 4.74 Å². The Balaban J connectivity index is 1.55. The molecule has 0 bridgehead atoms. The predicted molar refractivity (Wildman–Crippen MR) is 137 cm³/mol. The lowest BCUT2D eigenvalue weighted by Gasteiger charge is -2.49. The van der Waals surface area contributed by atoms with Crippen molar-refractivity contribution >= 4 is 17.7 Å². The van der Waals surface area contributed by atoms with E-state index in [0.717, 1.165) is 30.9 Å². The molecule has 0 unspecified atom stereocenters. The molecule has 2 aliphatic heterocycles. The Morgan fingerprint density at radius 1 is 1.09 bits per heavy atom. The molecule has 1 N–H and O–H groups in total. The van der Waals surface area contributed by atoms with Gasteiger partial charge in [-0.3, -0.25) is 4.79 Å². The van der Waals surface area contributed by atoms with Crippen LogP contribution >= 0.6 is 0 Å². The molecular formula is C29H38N2O2. The molecule has 2 aromatic rings. The molecule has 0 aromatic heterocycles. The molecule has 176 valence electrons. The quantitative estimate of drug-likeness (QED) is 0.455. The number of hydrogen-bond acceptors (Lipinski definition) is 3. The molecule has 1 amide bonds. The van der Waals surface area contributed by atoms with Crippen LogP contribution in [0, 0.1) is 6.92 Å². The second-order valence-electron chi connectivity index (χ2n) is 10.0. The Labute approximate surface area is 199 Å². The third-order valence-electron chi connectivity index (χ3n) is 7.28. The summed E-state index contributed by atoms with van der Waals surface area (Å²) >= 11 is 0. The molecule has 2 aromatic carbocycles. The largest absolute Gasteiger partial charge is 0.494 e. The van der Waals surface area contributed by atoms with Crippen LogP contribution in [0.15, 0.2) is 48.5 Å². The van der Waals surface area contributed by atoms with E-state index in [1.54, 1.807) is 0 Å². The molecule has 0 saturated carbocycles. The van der Waals surface area contributed by atoms with E-state index in [1.807, 2.05) is 12.1 Å². The maximum absolute atomic E-state index is 12.6. The van der Waals surface area contributed by atoms with Crippen molar-refractivity contribution in [2.45, 2.75) is 77.3 Å². The van der Waals surface area contributed by atoms with Gasteiger partial charge in [-0.15, -0.1) is 0 Å². The van der Waals surface area contributed by atoms with E-state index in [2.05, 4.69) is 80.4 Å². The summed E-state index contributed by atoms with van der Waals surface area (Å²) in [6.07, 6.45) is 11.0. The number of nitrogens with one attached hydrogen (secondary N) is 1. The van der Waals surface area contributed by atoms with Crippen molar-refractivity contribution in [1.82, 2.24) is 5.32 Å². The van der Waals surface area contributed by atoms with Gasteiger partial charge >= 0.3 is 0 Å². The van der Waals surface area contributed by atoms with Crippen molar-refractivity contribution in [2.75, 3.05) is 18.1 Å². The molecule has 0 spiro atoms. The van der Waals surface area contributed by atoms with E-state index in [9.17, 15) is 4.79 Å². The van der Waals surface area contributed by atoms with Gasteiger partial charge in [-0.05, 0) is 48.7 Å². The second-order valence-corrected chi connectivity index (χ2v) is 10.0. The average molecular weight is 447 g/mol. The summed E-state index contributed by atoms with van der Waals surface area (Å²) in [5, 5.41) is 3.36. The van der Waals surface area contributed by atoms with E-state index in [1.165, 1.54) is 42.5 Å². The Bertz CT molecular complexity index is 1030. The summed E-state index contributed by atoms with van der Waals surface area (Å²) in [4.78, 5) is 15.0. The van der Waals surface area contributed by atoms with Crippen LogP contribution in [0.2, 0.25) is 0 Å². The molecule has 1 saturated heterocycles. The van der Waals surface area contributed by atoms with Gasteiger partial charge in [0.2, 0.25) is 5.91 Å². The van der Waals surface area contributed by atoms with Crippen LogP contribution < -0.4 is 15.0 Å². The highest BCUT2D eigenvalue weighted by Gasteiger charge is 2.57. The number of rotatable bonds is 9. The van der Waals surface area contributed by atoms with Gasteiger partial charge in [0.1, 0.15) is 11.4 Å². The van der Waals surface area contributed by atoms with Gasteiger partial charge in [0.05, 0.1) is 6.61 Å². The topological polar surface area (TPSA) is 41.6 Å². The monoisotopic (exact) mass is 446 g/mol. The van der Waals surface area contributed by atoms with Gasteiger partial charge < -0.3 is 15.0 Å². The fraction of sp³-hybridized carbons (Fsp3) is 0.483. The van der Waals surface area contributed by atoms with Crippen molar-refractivity contribution in [3.8, 4) is 5.75 Å². The minimum atomic E-state index is -0.589. The number of ether oxygens (including phenoxy) is 1.